The van der Waals surface area contributed by atoms with E-state index in [1.807, 2.05) is 43.7 Å². The molecule has 0 saturated heterocycles. The van der Waals surface area contributed by atoms with Crippen LogP contribution in [0.15, 0.2) is 30.5 Å². The molecule has 92 valence electrons. The summed E-state index contributed by atoms with van der Waals surface area (Å²) in [4.78, 5) is 0. The van der Waals surface area contributed by atoms with Crippen molar-refractivity contribution in [3.05, 3.63) is 52.7 Å². The van der Waals surface area contributed by atoms with Gasteiger partial charge in [-0.3, -0.25) is 0 Å². The first-order valence-corrected chi connectivity index (χ1v) is 6.24. The molecule has 0 fully saturated rings. The van der Waals surface area contributed by atoms with Gasteiger partial charge in [-0.25, -0.2) is 4.57 Å². The highest BCUT2D eigenvalue weighted by Gasteiger charge is 2.20. The van der Waals surface area contributed by atoms with Crippen molar-refractivity contribution in [2.24, 2.45) is 7.05 Å². The SMILES string of the molecule is [2H]C1([2H])CC([2H])([2H])c2c[n+](C)c(-c3ccc(C)cc3C)cc21. The van der Waals surface area contributed by atoms with Crippen LogP contribution in [0.2, 0.25) is 0 Å². The molecule has 3 rings (SSSR count). The highest BCUT2D eigenvalue weighted by molar-refractivity contribution is 5.62. The first kappa shape index (κ1) is 7.73. The van der Waals surface area contributed by atoms with Gasteiger partial charge in [-0.05, 0) is 50.2 Å². The van der Waals surface area contributed by atoms with Crippen LogP contribution in [0.25, 0.3) is 11.3 Å². The molecule has 0 radical (unpaired) electrons. The quantitative estimate of drug-likeness (QED) is 0.676. The lowest BCUT2D eigenvalue weighted by Gasteiger charge is -2.07. The second-order valence-electron chi connectivity index (χ2n) is 4.95. The summed E-state index contributed by atoms with van der Waals surface area (Å²) >= 11 is 0. The monoisotopic (exact) mass is 242 g/mol. The van der Waals surface area contributed by atoms with Gasteiger partial charge in [-0.15, -0.1) is 0 Å². The van der Waals surface area contributed by atoms with Crippen LogP contribution >= 0.6 is 0 Å². The van der Waals surface area contributed by atoms with Crippen molar-refractivity contribution in [2.75, 3.05) is 0 Å². The van der Waals surface area contributed by atoms with E-state index in [0.717, 1.165) is 16.8 Å². The van der Waals surface area contributed by atoms with Gasteiger partial charge in [0, 0.05) is 22.7 Å². The number of rotatable bonds is 1. The van der Waals surface area contributed by atoms with Gasteiger partial charge < -0.3 is 0 Å². The standard InChI is InChI=1S/C17H20N/c1-12-7-8-16(13(2)9-12)17-10-14-5-4-6-15(14)11-18(17)3/h7-11H,4-6H2,1-3H3/q+1/i5D2,6D2. The highest BCUT2D eigenvalue weighted by Crippen LogP contribution is 2.27. The third kappa shape index (κ3) is 1.84. The van der Waals surface area contributed by atoms with Crippen LogP contribution < -0.4 is 4.57 Å². The molecule has 1 nitrogen and oxygen atoms in total. The lowest BCUT2D eigenvalue weighted by molar-refractivity contribution is -0.660. The van der Waals surface area contributed by atoms with Gasteiger partial charge in [0.2, 0.25) is 5.69 Å². The second kappa shape index (κ2) is 4.24. The Morgan fingerprint density at radius 3 is 2.67 bits per heavy atom. The lowest BCUT2D eigenvalue weighted by atomic mass is 10.0. The first-order chi connectivity index (χ1) is 10.1. The molecule has 1 aromatic heterocycles. The van der Waals surface area contributed by atoms with Crippen LogP contribution in [0.4, 0.5) is 0 Å². The summed E-state index contributed by atoms with van der Waals surface area (Å²) in [6.45, 7) is 4.09. The van der Waals surface area contributed by atoms with E-state index in [1.165, 1.54) is 5.56 Å². The van der Waals surface area contributed by atoms with Crippen LogP contribution in [0.1, 0.15) is 34.2 Å². The smallest absolute Gasteiger partial charge is 0.201 e. The third-order valence-corrected chi connectivity index (χ3v) is 3.49. The Hall–Kier alpha value is -1.63. The van der Waals surface area contributed by atoms with Crippen molar-refractivity contribution in [1.82, 2.24) is 0 Å². The number of benzene rings is 1. The molecule has 2 aromatic rings. The number of nitrogens with zero attached hydrogens (tertiary/aromatic N) is 1. The molecular formula is C17H20N+. The minimum atomic E-state index is -1.62. The van der Waals surface area contributed by atoms with Gasteiger partial charge in [0.25, 0.3) is 0 Å². The van der Waals surface area contributed by atoms with E-state index in [4.69, 9.17) is 5.48 Å². The minimum absolute atomic E-state index is 0.119. The predicted molar refractivity (Wildman–Crippen MR) is 74.6 cm³/mol. The minimum Gasteiger partial charge on any atom is -0.201 e. The molecule has 1 aromatic carbocycles. The van der Waals surface area contributed by atoms with E-state index in [0.29, 0.717) is 11.1 Å². The summed E-state index contributed by atoms with van der Waals surface area (Å²) in [6, 6.07) is 8.02. The van der Waals surface area contributed by atoms with Gasteiger partial charge in [0.05, 0.1) is 0 Å². The van der Waals surface area contributed by atoms with Crippen molar-refractivity contribution >= 4 is 0 Å². The molecule has 0 saturated carbocycles. The Balaban J connectivity index is 2.25. The maximum Gasteiger partial charge on any atom is 0.212 e. The van der Waals surface area contributed by atoms with E-state index in [-0.39, 0.29) is 6.42 Å². The van der Waals surface area contributed by atoms with Crippen LogP contribution in [-0.4, -0.2) is 0 Å². The van der Waals surface area contributed by atoms with E-state index in [1.54, 1.807) is 6.20 Å². The van der Waals surface area contributed by atoms with E-state index in [2.05, 4.69) is 6.07 Å². The average Bonchev–Trinajstić information content (AvgIpc) is 2.54. The Labute approximate surface area is 115 Å². The average molecular weight is 242 g/mol. The Bertz CT molecular complexity index is 765. The second-order valence-corrected chi connectivity index (χ2v) is 4.95. The fraction of sp³-hybridized carbons (Fsp3) is 0.353. The molecule has 18 heavy (non-hydrogen) atoms. The van der Waals surface area contributed by atoms with Crippen molar-refractivity contribution in [2.45, 2.75) is 33.0 Å². The molecule has 0 N–H and O–H groups in total. The zero-order valence-electron chi connectivity index (χ0n) is 15.0. The number of aryl methyl sites for hydroxylation is 5. The van der Waals surface area contributed by atoms with Crippen molar-refractivity contribution in [1.29, 1.82) is 0 Å². The molecule has 0 spiro atoms. The Kier molecular flexibility index (Phi) is 1.82. The van der Waals surface area contributed by atoms with E-state index < -0.39 is 12.7 Å². The van der Waals surface area contributed by atoms with E-state index in [9.17, 15) is 0 Å². The number of fused-ring (bicyclic) bond motifs is 1. The summed E-state index contributed by atoms with van der Waals surface area (Å²) in [5, 5.41) is 0. The zero-order valence-corrected chi connectivity index (χ0v) is 11.0. The maximum absolute atomic E-state index is 8.16. The van der Waals surface area contributed by atoms with Gasteiger partial charge in [0.15, 0.2) is 6.20 Å². The van der Waals surface area contributed by atoms with Crippen LogP contribution in [0.3, 0.4) is 0 Å². The number of hydrogen-bond acceptors (Lipinski definition) is 0. The van der Waals surface area contributed by atoms with Gasteiger partial charge in [-0.1, -0.05) is 17.7 Å². The largest absolute Gasteiger partial charge is 0.212 e. The summed E-state index contributed by atoms with van der Waals surface area (Å²) in [7, 11) is 1.89. The van der Waals surface area contributed by atoms with Crippen LogP contribution in [-0.2, 0) is 19.8 Å². The maximum atomic E-state index is 8.16. The van der Waals surface area contributed by atoms with Gasteiger partial charge >= 0.3 is 0 Å². The molecule has 1 aliphatic carbocycles. The molecule has 0 bridgehead atoms. The normalized spacial score (nSPS) is 22.6. The molecule has 0 aliphatic heterocycles. The van der Waals surface area contributed by atoms with Crippen LogP contribution in [0.5, 0.6) is 0 Å². The molecule has 0 amide bonds. The Morgan fingerprint density at radius 1 is 1.11 bits per heavy atom. The number of aromatic nitrogens is 1. The van der Waals surface area contributed by atoms with Gasteiger partial charge in [0.1, 0.15) is 7.05 Å². The third-order valence-electron chi connectivity index (χ3n) is 3.49. The molecule has 1 aliphatic rings. The van der Waals surface area contributed by atoms with E-state index >= 15 is 0 Å². The summed E-state index contributed by atoms with van der Waals surface area (Å²) < 4.78 is 34.4. The fourth-order valence-electron chi connectivity index (χ4n) is 2.54. The van der Waals surface area contributed by atoms with Crippen molar-refractivity contribution in [3.63, 3.8) is 0 Å². The van der Waals surface area contributed by atoms with Crippen LogP contribution in [0, 0.1) is 13.8 Å². The predicted octanol–water partition coefficient (Wildman–Crippen LogP) is 3.28. The molecule has 0 atom stereocenters. The first-order valence-electron chi connectivity index (χ1n) is 8.24. The molecule has 1 heterocycles. The lowest BCUT2D eigenvalue weighted by Crippen LogP contribution is -2.31. The van der Waals surface area contributed by atoms with Crippen molar-refractivity contribution in [3.8, 4) is 11.3 Å². The topological polar surface area (TPSA) is 3.88 Å². The summed E-state index contributed by atoms with van der Waals surface area (Å²) in [5.74, 6) is 0. The Morgan fingerprint density at radius 2 is 1.89 bits per heavy atom. The molecular weight excluding hydrogens is 218 g/mol. The number of hydrogen-bond donors (Lipinski definition) is 0. The molecule has 1 heteroatoms. The summed E-state index contributed by atoms with van der Waals surface area (Å²) in [5.41, 5.74) is 5.24. The zero-order chi connectivity index (χ0) is 16.3. The number of pyridine rings is 1. The highest BCUT2D eigenvalue weighted by atomic mass is 14.9. The van der Waals surface area contributed by atoms with Gasteiger partial charge in [-0.2, -0.15) is 0 Å². The van der Waals surface area contributed by atoms with Crippen molar-refractivity contribution < 1.29 is 10.1 Å². The fourth-order valence-corrected chi connectivity index (χ4v) is 2.54. The molecule has 0 unspecified atom stereocenters. The summed E-state index contributed by atoms with van der Waals surface area (Å²) in [6.07, 6.45) is -1.61.